The summed E-state index contributed by atoms with van der Waals surface area (Å²) in [5.74, 6) is 1.87. The van der Waals surface area contributed by atoms with Gasteiger partial charge in [-0.05, 0) is 58.7 Å². The van der Waals surface area contributed by atoms with E-state index in [1.165, 1.54) is 44.2 Å². The van der Waals surface area contributed by atoms with E-state index in [0.29, 0.717) is 24.1 Å². The van der Waals surface area contributed by atoms with Gasteiger partial charge in [0.05, 0.1) is 26.8 Å². The van der Waals surface area contributed by atoms with Crippen LogP contribution in [0.25, 0.3) is 0 Å². The molecule has 192 valence electrons. The average molecular weight is 495 g/mol. The zero-order valence-corrected chi connectivity index (χ0v) is 21.1. The molecule has 1 atom stereocenters. The van der Waals surface area contributed by atoms with Crippen molar-refractivity contribution in [2.45, 2.75) is 50.7 Å². The summed E-state index contributed by atoms with van der Waals surface area (Å²) in [6.07, 6.45) is 6.69. The SMILES string of the molecule is COc1ccc([C@@H](c2nnnn2Cc2ccc(F)cc2)N2CCN(C3CCCCC3)CC2)cc1OC. The molecule has 0 spiro atoms. The predicted molar refractivity (Wildman–Crippen MR) is 135 cm³/mol. The minimum Gasteiger partial charge on any atom is -0.493 e. The van der Waals surface area contributed by atoms with Crippen molar-refractivity contribution >= 4 is 0 Å². The van der Waals surface area contributed by atoms with Crippen LogP contribution < -0.4 is 9.47 Å². The van der Waals surface area contributed by atoms with Gasteiger partial charge in [0, 0.05) is 32.2 Å². The van der Waals surface area contributed by atoms with E-state index in [0.717, 1.165) is 43.1 Å². The Hall–Kier alpha value is -3.04. The molecule has 1 saturated heterocycles. The third kappa shape index (κ3) is 5.37. The fourth-order valence-corrected chi connectivity index (χ4v) is 5.64. The third-order valence-corrected chi connectivity index (χ3v) is 7.58. The van der Waals surface area contributed by atoms with Crippen molar-refractivity contribution in [3.05, 3.63) is 65.2 Å². The molecule has 0 amide bonds. The van der Waals surface area contributed by atoms with Crippen LogP contribution in [0.15, 0.2) is 42.5 Å². The standard InChI is InChI=1S/C27H35FN6O2/c1-35-24-13-10-21(18-25(24)36-2)26(33-16-14-32(15-17-33)23-6-4-3-5-7-23)27-29-30-31-34(27)19-20-8-11-22(28)12-9-20/h8-13,18,23,26H,3-7,14-17,19H2,1-2H3/t26-/m0/s1. The lowest BCUT2D eigenvalue weighted by Gasteiger charge is -2.43. The summed E-state index contributed by atoms with van der Waals surface area (Å²) >= 11 is 0. The molecule has 1 saturated carbocycles. The minimum absolute atomic E-state index is 0.145. The first-order valence-corrected chi connectivity index (χ1v) is 12.9. The van der Waals surface area contributed by atoms with Gasteiger partial charge in [-0.2, -0.15) is 0 Å². The maximum absolute atomic E-state index is 13.5. The molecule has 0 radical (unpaired) electrons. The molecule has 5 rings (SSSR count). The van der Waals surface area contributed by atoms with Crippen LogP contribution in [0.5, 0.6) is 11.5 Å². The number of hydrogen-bond donors (Lipinski definition) is 0. The van der Waals surface area contributed by atoms with Gasteiger partial charge in [0.2, 0.25) is 0 Å². The monoisotopic (exact) mass is 494 g/mol. The molecular formula is C27H35FN6O2. The number of aromatic nitrogens is 4. The second-order valence-electron chi connectivity index (χ2n) is 9.70. The number of ether oxygens (including phenoxy) is 2. The van der Waals surface area contributed by atoms with E-state index in [9.17, 15) is 4.39 Å². The predicted octanol–water partition coefficient (Wildman–Crippen LogP) is 3.92. The molecule has 0 unspecified atom stereocenters. The zero-order chi connectivity index (χ0) is 24.9. The molecule has 3 aromatic rings. The summed E-state index contributed by atoms with van der Waals surface area (Å²) in [5, 5.41) is 12.8. The lowest BCUT2D eigenvalue weighted by Crippen LogP contribution is -2.52. The highest BCUT2D eigenvalue weighted by Gasteiger charge is 2.33. The summed E-state index contributed by atoms with van der Waals surface area (Å²) in [4.78, 5) is 5.14. The number of halogens is 1. The fraction of sp³-hybridized carbons (Fsp3) is 0.519. The second-order valence-corrected chi connectivity index (χ2v) is 9.70. The van der Waals surface area contributed by atoms with Crippen molar-refractivity contribution in [3.63, 3.8) is 0 Å². The molecular weight excluding hydrogens is 459 g/mol. The molecule has 36 heavy (non-hydrogen) atoms. The number of hydrogen-bond acceptors (Lipinski definition) is 7. The Morgan fingerprint density at radius 3 is 2.33 bits per heavy atom. The third-order valence-electron chi connectivity index (χ3n) is 7.58. The first-order valence-electron chi connectivity index (χ1n) is 12.9. The Balaban J connectivity index is 1.44. The summed E-state index contributed by atoms with van der Waals surface area (Å²) in [6.45, 7) is 4.40. The largest absolute Gasteiger partial charge is 0.493 e. The molecule has 9 heteroatoms. The maximum atomic E-state index is 13.5. The summed E-state index contributed by atoms with van der Waals surface area (Å²) in [6, 6.07) is 13.1. The van der Waals surface area contributed by atoms with Crippen LogP contribution in [0.2, 0.25) is 0 Å². The van der Waals surface area contributed by atoms with Gasteiger partial charge in [-0.3, -0.25) is 9.80 Å². The molecule has 0 bridgehead atoms. The quantitative estimate of drug-likeness (QED) is 0.470. The van der Waals surface area contributed by atoms with Gasteiger partial charge in [0.15, 0.2) is 17.3 Å². The molecule has 1 aliphatic heterocycles. The number of methoxy groups -OCH3 is 2. The van der Waals surface area contributed by atoms with E-state index in [4.69, 9.17) is 9.47 Å². The van der Waals surface area contributed by atoms with Crippen LogP contribution >= 0.6 is 0 Å². The van der Waals surface area contributed by atoms with Gasteiger partial charge in [-0.1, -0.05) is 37.5 Å². The summed E-state index contributed by atoms with van der Waals surface area (Å²) in [5.41, 5.74) is 1.99. The fourth-order valence-electron chi connectivity index (χ4n) is 5.64. The van der Waals surface area contributed by atoms with Crippen LogP contribution in [0.3, 0.4) is 0 Å². The van der Waals surface area contributed by atoms with Crippen LogP contribution in [0.1, 0.15) is 55.1 Å². The maximum Gasteiger partial charge on any atom is 0.173 e. The van der Waals surface area contributed by atoms with Crippen molar-refractivity contribution < 1.29 is 13.9 Å². The number of benzene rings is 2. The smallest absolute Gasteiger partial charge is 0.173 e. The van der Waals surface area contributed by atoms with Crippen molar-refractivity contribution in [2.24, 2.45) is 0 Å². The van der Waals surface area contributed by atoms with E-state index < -0.39 is 0 Å². The van der Waals surface area contributed by atoms with Crippen LogP contribution in [-0.2, 0) is 6.54 Å². The molecule has 2 aliphatic rings. The molecule has 8 nitrogen and oxygen atoms in total. The van der Waals surface area contributed by atoms with E-state index in [-0.39, 0.29) is 11.9 Å². The number of tetrazole rings is 1. The summed E-state index contributed by atoms with van der Waals surface area (Å²) in [7, 11) is 3.29. The Kier molecular flexibility index (Phi) is 7.77. The van der Waals surface area contributed by atoms with E-state index >= 15 is 0 Å². The molecule has 2 aromatic carbocycles. The van der Waals surface area contributed by atoms with Gasteiger partial charge >= 0.3 is 0 Å². The van der Waals surface area contributed by atoms with Crippen LogP contribution in [0.4, 0.5) is 4.39 Å². The topological polar surface area (TPSA) is 68.5 Å². The molecule has 1 aromatic heterocycles. The zero-order valence-electron chi connectivity index (χ0n) is 21.1. The van der Waals surface area contributed by atoms with Gasteiger partial charge in [-0.25, -0.2) is 9.07 Å². The van der Waals surface area contributed by atoms with E-state index in [1.807, 2.05) is 16.8 Å². The molecule has 1 aliphatic carbocycles. The Labute approximate surface area is 212 Å². The van der Waals surface area contributed by atoms with E-state index in [1.54, 1.807) is 26.4 Å². The van der Waals surface area contributed by atoms with E-state index in [2.05, 4.69) is 31.4 Å². The lowest BCUT2D eigenvalue weighted by molar-refractivity contribution is 0.0620. The Bertz CT molecular complexity index is 1120. The van der Waals surface area contributed by atoms with Crippen molar-refractivity contribution in [1.29, 1.82) is 0 Å². The van der Waals surface area contributed by atoms with Gasteiger partial charge in [0.25, 0.3) is 0 Å². The highest BCUT2D eigenvalue weighted by Crippen LogP contribution is 2.35. The minimum atomic E-state index is -0.255. The molecule has 2 fully saturated rings. The Morgan fingerprint density at radius 2 is 1.64 bits per heavy atom. The Morgan fingerprint density at radius 1 is 0.917 bits per heavy atom. The van der Waals surface area contributed by atoms with Gasteiger partial charge < -0.3 is 9.47 Å². The first kappa shape index (κ1) is 24.6. The highest BCUT2D eigenvalue weighted by molar-refractivity contribution is 5.45. The van der Waals surface area contributed by atoms with Gasteiger partial charge in [0.1, 0.15) is 5.82 Å². The van der Waals surface area contributed by atoms with Gasteiger partial charge in [-0.15, -0.1) is 5.10 Å². The van der Waals surface area contributed by atoms with Crippen molar-refractivity contribution in [1.82, 2.24) is 30.0 Å². The molecule has 0 N–H and O–H groups in total. The summed E-state index contributed by atoms with van der Waals surface area (Å²) < 4.78 is 26.4. The molecule has 2 heterocycles. The average Bonchev–Trinajstić information content (AvgIpc) is 3.38. The normalized spacial score (nSPS) is 18.8. The highest BCUT2D eigenvalue weighted by atomic mass is 19.1. The van der Waals surface area contributed by atoms with Crippen LogP contribution in [-0.4, -0.2) is 76.4 Å². The lowest BCUT2D eigenvalue weighted by atomic mass is 9.93. The van der Waals surface area contributed by atoms with Crippen LogP contribution in [0, 0.1) is 5.82 Å². The number of piperazine rings is 1. The number of rotatable bonds is 8. The van der Waals surface area contributed by atoms with Crippen molar-refractivity contribution in [3.8, 4) is 11.5 Å². The van der Waals surface area contributed by atoms with Crippen molar-refractivity contribution in [2.75, 3.05) is 40.4 Å². The first-order chi connectivity index (χ1) is 17.7. The number of nitrogens with zero attached hydrogens (tertiary/aromatic N) is 6. The second kappa shape index (κ2) is 11.3.